The Morgan fingerprint density at radius 3 is 1.11 bits per heavy atom. The minimum absolute atomic E-state index is 0.167. The van der Waals surface area contributed by atoms with Crippen molar-refractivity contribution in [2.75, 3.05) is 42.7 Å². The molecule has 2 N–H and O–H groups in total. The van der Waals surface area contributed by atoms with Gasteiger partial charge in [-0.15, -0.1) is 0 Å². The van der Waals surface area contributed by atoms with Crippen molar-refractivity contribution >= 4 is 0 Å². The van der Waals surface area contributed by atoms with Crippen molar-refractivity contribution in [3.8, 4) is 46.0 Å². The Hall–Kier alpha value is -4.84. The van der Waals surface area contributed by atoms with Crippen LogP contribution in [-0.2, 0) is 4.74 Å². The molecule has 0 bridgehead atoms. The first-order valence-corrected chi connectivity index (χ1v) is 17.6. The number of methoxy groups -OCH3 is 6. The Bertz CT molecular complexity index is 1700. The lowest BCUT2D eigenvalue weighted by atomic mass is 9.85. The second-order valence-corrected chi connectivity index (χ2v) is 13.3. The number of hydrogen-bond acceptors (Lipinski definition) is 11. The van der Waals surface area contributed by atoms with Gasteiger partial charge in [-0.05, 0) is 96.5 Å². The maximum Gasteiger partial charge on any atom is 0.161 e. The van der Waals surface area contributed by atoms with Crippen molar-refractivity contribution < 1.29 is 52.8 Å². The van der Waals surface area contributed by atoms with Gasteiger partial charge in [0.15, 0.2) is 46.0 Å². The van der Waals surface area contributed by atoms with Crippen LogP contribution in [0.25, 0.3) is 0 Å². The quantitative estimate of drug-likeness (QED) is 0.117. The molecule has 4 aromatic carbocycles. The predicted molar refractivity (Wildman–Crippen MR) is 200 cm³/mol. The van der Waals surface area contributed by atoms with Crippen LogP contribution in [0, 0.1) is 11.8 Å². The minimum Gasteiger partial charge on any atom is -0.493 e. The van der Waals surface area contributed by atoms with Crippen LogP contribution in [-0.4, -0.2) is 65.1 Å². The summed E-state index contributed by atoms with van der Waals surface area (Å²) in [4.78, 5) is 0. The van der Waals surface area contributed by atoms with Gasteiger partial charge in [0.25, 0.3) is 0 Å². The van der Waals surface area contributed by atoms with E-state index in [0.29, 0.717) is 57.1 Å². The van der Waals surface area contributed by atoms with Crippen molar-refractivity contribution in [1.29, 1.82) is 0 Å². The van der Waals surface area contributed by atoms with Crippen molar-refractivity contribution in [2.45, 2.75) is 64.3 Å². The van der Waals surface area contributed by atoms with Gasteiger partial charge in [0.1, 0.15) is 24.4 Å². The molecular weight excluding hydrogens is 680 g/mol. The van der Waals surface area contributed by atoms with E-state index in [2.05, 4.69) is 13.8 Å². The Morgan fingerprint density at radius 2 is 0.774 bits per heavy atom. The van der Waals surface area contributed by atoms with Crippen LogP contribution in [0.2, 0.25) is 0 Å². The second-order valence-electron chi connectivity index (χ2n) is 13.3. The van der Waals surface area contributed by atoms with E-state index in [1.54, 1.807) is 92.9 Å². The summed E-state index contributed by atoms with van der Waals surface area (Å²) in [5.74, 6) is 4.62. The van der Waals surface area contributed by atoms with E-state index in [1.807, 2.05) is 36.4 Å². The first-order chi connectivity index (χ1) is 25.5. The van der Waals surface area contributed by atoms with Gasteiger partial charge in [0.2, 0.25) is 0 Å². The molecule has 0 aliphatic carbocycles. The molecule has 4 unspecified atom stereocenters. The molecule has 8 atom stereocenters. The molecule has 4 aromatic rings. The third-order valence-electron chi connectivity index (χ3n) is 10.1. The van der Waals surface area contributed by atoms with Crippen LogP contribution in [0.4, 0.5) is 0 Å². The summed E-state index contributed by atoms with van der Waals surface area (Å²) in [6.45, 7) is 7.96. The zero-order valence-electron chi connectivity index (χ0n) is 32.1. The zero-order valence-corrected chi connectivity index (χ0v) is 32.1. The van der Waals surface area contributed by atoms with Gasteiger partial charge in [0.05, 0.1) is 54.9 Å². The molecule has 1 aliphatic rings. The van der Waals surface area contributed by atoms with Gasteiger partial charge in [-0.1, -0.05) is 38.1 Å². The fourth-order valence-corrected chi connectivity index (χ4v) is 6.78. The lowest BCUT2D eigenvalue weighted by Gasteiger charge is -2.24. The van der Waals surface area contributed by atoms with Gasteiger partial charge in [-0.2, -0.15) is 0 Å². The molecule has 286 valence electrons. The summed E-state index contributed by atoms with van der Waals surface area (Å²) in [6.07, 6.45) is -3.49. The highest BCUT2D eigenvalue weighted by Crippen LogP contribution is 2.51. The molecule has 1 heterocycles. The normalized spacial score (nSPS) is 20.5. The van der Waals surface area contributed by atoms with E-state index in [9.17, 15) is 10.2 Å². The lowest BCUT2D eigenvalue weighted by Crippen LogP contribution is -2.22. The Morgan fingerprint density at radius 1 is 0.453 bits per heavy atom. The SMILES string of the molecule is COc1ccc(C(O)C(C)Oc2ccc([C@@H]3O[C@@H](c4ccc(OC(C)C(O)c5ccc(OC)c(OC)c5)c(OC)c4)[C@@H](C)[C@@H]3C)cc2OC)cc1OC. The maximum atomic E-state index is 11.1. The molecule has 11 heteroatoms. The van der Waals surface area contributed by atoms with Crippen molar-refractivity contribution in [3.05, 3.63) is 95.1 Å². The van der Waals surface area contributed by atoms with Gasteiger partial charge in [0, 0.05) is 0 Å². The predicted octanol–water partition coefficient (Wildman–Crippen LogP) is 7.82. The van der Waals surface area contributed by atoms with Gasteiger partial charge >= 0.3 is 0 Å². The summed E-state index contributed by atoms with van der Waals surface area (Å²) < 4.78 is 52.2. The first kappa shape index (κ1) is 39.4. The van der Waals surface area contributed by atoms with Gasteiger partial charge in [-0.25, -0.2) is 0 Å². The average molecular weight is 733 g/mol. The lowest BCUT2D eigenvalue weighted by molar-refractivity contribution is 0.0281. The van der Waals surface area contributed by atoms with Crippen LogP contribution >= 0.6 is 0 Å². The van der Waals surface area contributed by atoms with E-state index in [-0.39, 0.29) is 24.0 Å². The Balaban J connectivity index is 1.29. The van der Waals surface area contributed by atoms with E-state index in [4.69, 9.17) is 42.6 Å². The molecule has 0 amide bonds. The summed E-state index contributed by atoms with van der Waals surface area (Å²) in [5.41, 5.74) is 3.18. The Labute approximate surface area is 312 Å². The maximum absolute atomic E-state index is 11.1. The number of ether oxygens (including phenoxy) is 9. The molecule has 0 saturated carbocycles. The smallest absolute Gasteiger partial charge is 0.161 e. The third-order valence-corrected chi connectivity index (χ3v) is 10.1. The van der Waals surface area contributed by atoms with Crippen LogP contribution in [0.15, 0.2) is 72.8 Å². The molecule has 53 heavy (non-hydrogen) atoms. The number of aliphatic hydroxyl groups excluding tert-OH is 2. The zero-order chi connectivity index (χ0) is 38.4. The second kappa shape index (κ2) is 17.3. The van der Waals surface area contributed by atoms with Crippen LogP contribution < -0.4 is 37.9 Å². The number of aliphatic hydroxyl groups is 2. The fraction of sp³-hybridized carbons (Fsp3) is 0.429. The first-order valence-electron chi connectivity index (χ1n) is 17.6. The Kier molecular flexibility index (Phi) is 12.9. The molecule has 0 aromatic heterocycles. The van der Waals surface area contributed by atoms with Crippen molar-refractivity contribution in [3.63, 3.8) is 0 Å². The molecule has 1 saturated heterocycles. The molecule has 1 aliphatic heterocycles. The number of benzene rings is 4. The molecule has 11 nitrogen and oxygen atoms in total. The summed E-state index contributed by atoms with van der Waals surface area (Å²) >= 11 is 0. The van der Waals surface area contributed by atoms with E-state index < -0.39 is 24.4 Å². The van der Waals surface area contributed by atoms with Crippen molar-refractivity contribution in [1.82, 2.24) is 0 Å². The fourth-order valence-electron chi connectivity index (χ4n) is 6.78. The molecule has 1 fully saturated rings. The third kappa shape index (κ3) is 8.38. The molecule has 0 spiro atoms. The standard InChI is InChI=1S/C42H52O11/c1-23-24(2)42(30-14-18-34(38(22-30)50-10)52-26(4)40(44)28-12-16-32(46-6)36(20-28)48-8)53-41(23)29-13-17-33(37(21-29)49-9)51-25(3)39(43)27-11-15-31(45-5)35(19-27)47-7/h11-26,39-44H,1-10H3/t23-,24-,25?,26?,39?,40?,41+,42+/m0/s1. The molecule has 5 rings (SSSR count). The van der Waals surface area contributed by atoms with Gasteiger partial charge < -0.3 is 52.8 Å². The highest BCUT2D eigenvalue weighted by atomic mass is 16.5. The van der Waals surface area contributed by atoms with Crippen LogP contribution in [0.3, 0.4) is 0 Å². The highest BCUT2D eigenvalue weighted by Gasteiger charge is 2.41. The topological polar surface area (TPSA) is 124 Å². The van der Waals surface area contributed by atoms with Crippen molar-refractivity contribution in [2.24, 2.45) is 11.8 Å². The van der Waals surface area contributed by atoms with Crippen LogP contribution in [0.1, 0.15) is 74.4 Å². The van der Waals surface area contributed by atoms with E-state index in [0.717, 1.165) is 11.1 Å². The van der Waals surface area contributed by atoms with E-state index in [1.165, 1.54) is 0 Å². The van der Waals surface area contributed by atoms with Crippen LogP contribution in [0.5, 0.6) is 46.0 Å². The van der Waals surface area contributed by atoms with E-state index >= 15 is 0 Å². The molecule has 0 radical (unpaired) electrons. The number of hydrogen-bond donors (Lipinski definition) is 2. The van der Waals surface area contributed by atoms with Gasteiger partial charge in [-0.3, -0.25) is 0 Å². The molecular formula is C42H52O11. The largest absolute Gasteiger partial charge is 0.493 e. The monoisotopic (exact) mass is 732 g/mol. The highest BCUT2D eigenvalue weighted by molar-refractivity contribution is 5.48. The summed E-state index contributed by atoms with van der Waals surface area (Å²) in [7, 11) is 9.43. The number of rotatable bonds is 16. The summed E-state index contributed by atoms with van der Waals surface area (Å²) in [5, 5.41) is 22.2. The summed E-state index contributed by atoms with van der Waals surface area (Å²) in [6, 6.07) is 22.1. The minimum atomic E-state index is -0.932. The average Bonchev–Trinajstić information content (AvgIpc) is 3.49.